The van der Waals surface area contributed by atoms with Crippen LogP contribution in [0.1, 0.15) is 33.6 Å². The summed E-state index contributed by atoms with van der Waals surface area (Å²) in [5.41, 5.74) is 0.615. The van der Waals surface area contributed by atoms with Crippen LogP contribution in [0.3, 0.4) is 0 Å². The lowest BCUT2D eigenvalue weighted by Gasteiger charge is -2.47. The lowest BCUT2D eigenvalue weighted by molar-refractivity contribution is 0.0452. The van der Waals surface area contributed by atoms with Crippen molar-refractivity contribution in [3.63, 3.8) is 0 Å². The minimum atomic E-state index is 0.615. The van der Waals surface area contributed by atoms with Crippen LogP contribution >= 0.6 is 0 Å². The van der Waals surface area contributed by atoms with Gasteiger partial charge in [-0.05, 0) is 37.1 Å². The van der Waals surface area contributed by atoms with E-state index in [1.807, 2.05) is 7.05 Å². The molecule has 0 amide bonds. The van der Waals surface area contributed by atoms with Crippen molar-refractivity contribution >= 4 is 0 Å². The molecule has 0 saturated heterocycles. The van der Waals surface area contributed by atoms with Crippen molar-refractivity contribution in [1.82, 2.24) is 5.32 Å². The fourth-order valence-electron chi connectivity index (χ4n) is 2.25. The highest BCUT2D eigenvalue weighted by molar-refractivity contribution is 4.92. The zero-order valence-corrected chi connectivity index (χ0v) is 8.28. The monoisotopic (exact) mass is 155 g/mol. The van der Waals surface area contributed by atoms with Gasteiger partial charge in [0.25, 0.3) is 0 Å². The molecule has 1 nitrogen and oxygen atoms in total. The summed E-state index contributed by atoms with van der Waals surface area (Å²) >= 11 is 0. The van der Waals surface area contributed by atoms with Crippen molar-refractivity contribution < 1.29 is 0 Å². The second-order valence-electron chi connectivity index (χ2n) is 4.75. The average Bonchev–Trinajstić information content (AvgIpc) is 1.82. The molecule has 1 fully saturated rings. The Bertz CT molecular complexity index is 123. The molecule has 0 aliphatic heterocycles. The van der Waals surface area contributed by atoms with Gasteiger partial charge in [0, 0.05) is 6.54 Å². The normalized spacial score (nSPS) is 37.4. The van der Waals surface area contributed by atoms with Crippen LogP contribution in [0.5, 0.6) is 0 Å². The third-order valence-electron chi connectivity index (χ3n) is 3.06. The van der Waals surface area contributed by atoms with Gasteiger partial charge in [-0.3, -0.25) is 0 Å². The Labute approximate surface area is 70.6 Å². The van der Waals surface area contributed by atoms with Crippen LogP contribution in [0, 0.1) is 17.3 Å². The third kappa shape index (κ3) is 1.96. The van der Waals surface area contributed by atoms with Crippen LogP contribution in [0.4, 0.5) is 0 Å². The molecule has 0 heterocycles. The second-order valence-corrected chi connectivity index (χ2v) is 4.75. The maximum Gasteiger partial charge on any atom is 0.000236 e. The molecule has 0 radical (unpaired) electrons. The topological polar surface area (TPSA) is 12.0 Å². The summed E-state index contributed by atoms with van der Waals surface area (Å²) in [6.07, 6.45) is 2.84. The van der Waals surface area contributed by atoms with Crippen LogP contribution in [-0.4, -0.2) is 13.6 Å². The Kier molecular flexibility index (Phi) is 2.58. The molecule has 66 valence electrons. The van der Waals surface area contributed by atoms with Gasteiger partial charge < -0.3 is 5.32 Å². The zero-order chi connectivity index (χ0) is 8.48. The SMILES string of the molecule is CNCC1(C)CC(C(C)C)C1. The zero-order valence-electron chi connectivity index (χ0n) is 8.28. The lowest BCUT2D eigenvalue weighted by atomic mass is 9.60. The van der Waals surface area contributed by atoms with E-state index in [1.165, 1.54) is 19.4 Å². The standard InChI is InChI=1S/C10H21N/c1-8(2)9-5-10(3,6-9)7-11-4/h8-9,11H,5-7H2,1-4H3. The van der Waals surface area contributed by atoms with E-state index in [4.69, 9.17) is 0 Å². The van der Waals surface area contributed by atoms with Crippen molar-refractivity contribution in [2.75, 3.05) is 13.6 Å². The summed E-state index contributed by atoms with van der Waals surface area (Å²) in [6, 6.07) is 0. The maximum absolute atomic E-state index is 3.27. The fraction of sp³-hybridized carbons (Fsp3) is 1.00. The molecular formula is C10H21N. The summed E-state index contributed by atoms with van der Waals surface area (Å²) in [5.74, 6) is 1.88. The lowest BCUT2D eigenvalue weighted by Crippen LogP contribution is -2.43. The van der Waals surface area contributed by atoms with Gasteiger partial charge in [-0.1, -0.05) is 20.8 Å². The number of hydrogen-bond donors (Lipinski definition) is 1. The molecule has 1 rings (SSSR count). The highest BCUT2D eigenvalue weighted by Crippen LogP contribution is 2.47. The van der Waals surface area contributed by atoms with Crippen molar-refractivity contribution in [3.05, 3.63) is 0 Å². The van der Waals surface area contributed by atoms with E-state index >= 15 is 0 Å². The van der Waals surface area contributed by atoms with Crippen molar-refractivity contribution in [2.24, 2.45) is 17.3 Å². The first kappa shape index (κ1) is 9.05. The predicted octanol–water partition coefficient (Wildman–Crippen LogP) is 2.28. The molecule has 11 heavy (non-hydrogen) atoms. The molecule has 1 N–H and O–H groups in total. The largest absolute Gasteiger partial charge is 0.319 e. The molecule has 1 saturated carbocycles. The minimum Gasteiger partial charge on any atom is -0.319 e. The Morgan fingerprint density at radius 3 is 2.36 bits per heavy atom. The molecule has 0 unspecified atom stereocenters. The van der Waals surface area contributed by atoms with E-state index in [1.54, 1.807) is 0 Å². The third-order valence-corrected chi connectivity index (χ3v) is 3.06. The Morgan fingerprint density at radius 2 is 2.00 bits per heavy atom. The molecule has 0 aromatic carbocycles. The van der Waals surface area contributed by atoms with Gasteiger partial charge in [0.1, 0.15) is 0 Å². The first-order chi connectivity index (χ1) is 5.07. The van der Waals surface area contributed by atoms with Crippen LogP contribution in [0.15, 0.2) is 0 Å². The maximum atomic E-state index is 3.27. The first-order valence-corrected chi connectivity index (χ1v) is 4.72. The number of rotatable bonds is 3. The van der Waals surface area contributed by atoms with Gasteiger partial charge in [0.05, 0.1) is 0 Å². The first-order valence-electron chi connectivity index (χ1n) is 4.72. The molecule has 0 aromatic heterocycles. The van der Waals surface area contributed by atoms with E-state index in [-0.39, 0.29) is 0 Å². The smallest absolute Gasteiger partial charge is 0.000236 e. The van der Waals surface area contributed by atoms with Crippen LogP contribution in [0.25, 0.3) is 0 Å². The highest BCUT2D eigenvalue weighted by Gasteiger charge is 2.40. The molecule has 0 bridgehead atoms. The molecule has 0 atom stereocenters. The Balaban J connectivity index is 2.26. The van der Waals surface area contributed by atoms with Crippen molar-refractivity contribution in [1.29, 1.82) is 0 Å². The molecule has 0 aromatic rings. The van der Waals surface area contributed by atoms with Gasteiger partial charge >= 0.3 is 0 Å². The molecular weight excluding hydrogens is 134 g/mol. The van der Waals surface area contributed by atoms with E-state index in [0.717, 1.165) is 11.8 Å². The van der Waals surface area contributed by atoms with Gasteiger partial charge in [0.2, 0.25) is 0 Å². The van der Waals surface area contributed by atoms with E-state index in [9.17, 15) is 0 Å². The van der Waals surface area contributed by atoms with Gasteiger partial charge in [-0.25, -0.2) is 0 Å². The molecule has 1 aliphatic carbocycles. The molecule has 0 spiro atoms. The molecule has 1 aliphatic rings. The summed E-state index contributed by atoms with van der Waals surface area (Å²) in [4.78, 5) is 0. The van der Waals surface area contributed by atoms with Crippen LogP contribution in [0.2, 0.25) is 0 Å². The van der Waals surface area contributed by atoms with E-state index < -0.39 is 0 Å². The van der Waals surface area contributed by atoms with E-state index in [0.29, 0.717) is 5.41 Å². The summed E-state index contributed by atoms with van der Waals surface area (Å²) in [5, 5.41) is 3.27. The Hall–Kier alpha value is -0.0400. The average molecular weight is 155 g/mol. The summed E-state index contributed by atoms with van der Waals surface area (Å²) < 4.78 is 0. The summed E-state index contributed by atoms with van der Waals surface area (Å²) in [7, 11) is 2.05. The quantitative estimate of drug-likeness (QED) is 0.659. The van der Waals surface area contributed by atoms with Gasteiger partial charge in [-0.15, -0.1) is 0 Å². The fourth-order valence-corrected chi connectivity index (χ4v) is 2.25. The number of hydrogen-bond acceptors (Lipinski definition) is 1. The van der Waals surface area contributed by atoms with E-state index in [2.05, 4.69) is 26.1 Å². The Morgan fingerprint density at radius 1 is 1.45 bits per heavy atom. The second kappa shape index (κ2) is 3.14. The highest BCUT2D eigenvalue weighted by atomic mass is 14.8. The van der Waals surface area contributed by atoms with Crippen molar-refractivity contribution in [3.8, 4) is 0 Å². The van der Waals surface area contributed by atoms with Crippen LogP contribution < -0.4 is 5.32 Å². The van der Waals surface area contributed by atoms with Gasteiger partial charge in [-0.2, -0.15) is 0 Å². The molecule has 1 heteroatoms. The van der Waals surface area contributed by atoms with Gasteiger partial charge in [0.15, 0.2) is 0 Å². The minimum absolute atomic E-state index is 0.615. The summed E-state index contributed by atoms with van der Waals surface area (Å²) in [6.45, 7) is 8.26. The van der Waals surface area contributed by atoms with Crippen molar-refractivity contribution in [2.45, 2.75) is 33.6 Å². The predicted molar refractivity (Wildman–Crippen MR) is 49.6 cm³/mol. The number of nitrogens with one attached hydrogen (secondary N) is 1. The van der Waals surface area contributed by atoms with Crippen LogP contribution in [-0.2, 0) is 0 Å².